The minimum atomic E-state index is -0.638. The Balaban J connectivity index is 1.87. The van der Waals surface area contributed by atoms with E-state index in [0.29, 0.717) is 36.1 Å². The second kappa shape index (κ2) is 7.43. The number of hydrogen-bond donors (Lipinski definition) is 0. The minimum absolute atomic E-state index is 0.0287. The zero-order valence-corrected chi connectivity index (χ0v) is 15.9. The molecule has 2 heterocycles. The summed E-state index contributed by atoms with van der Waals surface area (Å²) in [5.74, 6) is 0.694. The summed E-state index contributed by atoms with van der Waals surface area (Å²) in [4.78, 5) is 28.0. The lowest BCUT2D eigenvalue weighted by molar-refractivity contribution is -0.385. The molecule has 9 heteroatoms. The summed E-state index contributed by atoms with van der Waals surface area (Å²) < 4.78 is 14.1. The molecule has 0 aliphatic carbocycles. The number of aryl methyl sites for hydroxylation is 1. The Morgan fingerprint density at radius 2 is 1.96 bits per heavy atom. The van der Waals surface area contributed by atoms with Gasteiger partial charge in [0, 0.05) is 24.7 Å². The summed E-state index contributed by atoms with van der Waals surface area (Å²) >= 11 is 1.34. The average molecular weight is 399 g/mol. The molecule has 0 unspecified atom stereocenters. The van der Waals surface area contributed by atoms with E-state index < -0.39 is 10.8 Å². The number of carbonyl (C=O) groups excluding carboxylic acids is 1. The number of nitro groups is 1. The van der Waals surface area contributed by atoms with Crippen LogP contribution in [0.15, 0.2) is 41.4 Å². The van der Waals surface area contributed by atoms with Crippen LogP contribution in [0.1, 0.15) is 23.7 Å². The lowest BCUT2D eigenvalue weighted by Gasteiger charge is -2.18. The quantitative estimate of drug-likeness (QED) is 0.494. The Bertz CT molecular complexity index is 1150. The monoisotopic (exact) mass is 399 g/mol. The molecule has 28 heavy (non-hydrogen) atoms. The van der Waals surface area contributed by atoms with Gasteiger partial charge in [-0.15, -0.1) is 0 Å². The van der Waals surface area contributed by atoms with Crippen LogP contribution in [-0.2, 0) is 6.54 Å². The zero-order valence-electron chi connectivity index (χ0n) is 15.1. The van der Waals surface area contributed by atoms with Crippen molar-refractivity contribution < 1.29 is 19.2 Å². The molecule has 0 N–H and O–H groups in total. The molecule has 1 aliphatic heterocycles. The van der Waals surface area contributed by atoms with Crippen LogP contribution in [0.25, 0.3) is 10.2 Å². The predicted octanol–water partition coefficient (Wildman–Crippen LogP) is 3.53. The third-order valence-electron chi connectivity index (χ3n) is 4.32. The lowest BCUT2D eigenvalue weighted by Crippen LogP contribution is -2.18. The molecular weight excluding hydrogens is 382 g/mol. The Morgan fingerprint density at radius 3 is 2.68 bits per heavy atom. The van der Waals surface area contributed by atoms with E-state index in [-0.39, 0.29) is 11.3 Å². The maximum absolute atomic E-state index is 12.7. The maximum Gasteiger partial charge on any atom is 0.286 e. The van der Waals surface area contributed by atoms with E-state index in [1.54, 1.807) is 6.07 Å². The number of amides is 1. The Kier molecular flexibility index (Phi) is 4.82. The topological polar surface area (TPSA) is 96.0 Å². The van der Waals surface area contributed by atoms with Crippen LogP contribution in [0.3, 0.4) is 0 Å². The Morgan fingerprint density at radius 1 is 1.25 bits per heavy atom. The van der Waals surface area contributed by atoms with Crippen LogP contribution in [-0.4, -0.2) is 28.6 Å². The number of nitro benzene ring substituents is 1. The first-order chi connectivity index (χ1) is 13.6. The molecule has 0 atom stereocenters. The van der Waals surface area contributed by atoms with Gasteiger partial charge in [0.05, 0.1) is 15.1 Å². The van der Waals surface area contributed by atoms with Crippen LogP contribution in [0.5, 0.6) is 11.5 Å². The Hall–Kier alpha value is -3.20. The van der Waals surface area contributed by atoms with Crippen LogP contribution in [0.4, 0.5) is 5.69 Å². The smallest absolute Gasteiger partial charge is 0.286 e. The van der Waals surface area contributed by atoms with Gasteiger partial charge in [-0.05, 0) is 12.5 Å². The van der Waals surface area contributed by atoms with Crippen molar-refractivity contribution in [1.82, 2.24) is 4.57 Å². The number of benzene rings is 2. The van der Waals surface area contributed by atoms with E-state index in [4.69, 9.17) is 9.47 Å². The molecule has 1 aliphatic rings. The van der Waals surface area contributed by atoms with Crippen molar-refractivity contribution in [2.75, 3.05) is 13.2 Å². The van der Waals surface area contributed by atoms with Gasteiger partial charge in [-0.2, -0.15) is 4.99 Å². The first kappa shape index (κ1) is 18.2. The summed E-state index contributed by atoms with van der Waals surface area (Å²) in [5, 5.41) is 11.2. The van der Waals surface area contributed by atoms with Crippen molar-refractivity contribution in [3.8, 4) is 11.5 Å². The first-order valence-corrected chi connectivity index (χ1v) is 9.65. The molecule has 0 spiro atoms. The highest BCUT2D eigenvalue weighted by Gasteiger charge is 2.20. The fourth-order valence-corrected chi connectivity index (χ4v) is 4.16. The lowest BCUT2D eigenvalue weighted by atomic mass is 10.2. The molecule has 0 fully saturated rings. The van der Waals surface area contributed by atoms with Crippen LogP contribution < -0.4 is 14.3 Å². The van der Waals surface area contributed by atoms with Gasteiger partial charge in [-0.1, -0.05) is 30.4 Å². The van der Waals surface area contributed by atoms with Gasteiger partial charge in [0.2, 0.25) is 0 Å². The molecule has 0 saturated carbocycles. The fourth-order valence-electron chi connectivity index (χ4n) is 3.09. The van der Waals surface area contributed by atoms with E-state index in [9.17, 15) is 14.9 Å². The van der Waals surface area contributed by atoms with E-state index in [1.807, 2.05) is 23.6 Å². The molecule has 0 saturated heterocycles. The van der Waals surface area contributed by atoms with Crippen molar-refractivity contribution in [2.24, 2.45) is 4.99 Å². The molecule has 0 bridgehead atoms. The highest BCUT2D eigenvalue weighted by molar-refractivity contribution is 7.16. The average Bonchev–Trinajstić information content (AvgIpc) is 3.02. The van der Waals surface area contributed by atoms with Crippen LogP contribution >= 0.6 is 11.3 Å². The Labute approximate surface area is 163 Å². The fraction of sp³-hybridized carbons (Fsp3) is 0.263. The van der Waals surface area contributed by atoms with Gasteiger partial charge in [-0.3, -0.25) is 14.9 Å². The number of fused-ring (bicyclic) bond motifs is 2. The van der Waals surface area contributed by atoms with Gasteiger partial charge in [-0.25, -0.2) is 0 Å². The largest absolute Gasteiger partial charge is 0.486 e. The summed E-state index contributed by atoms with van der Waals surface area (Å²) in [6, 6.07) is 9.61. The molecule has 0 radical (unpaired) electrons. The highest BCUT2D eigenvalue weighted by atomic mass is 32.1. The van der Waals surface area contributed by atoms with Crippen molar-refractivity contribution in [1.29, 1.82) is 0 Å². The predicted molar refractivity (Wildman–Crippen MR) is 104 cm³/mol. The van der Waals surface area contributed by atoms with Crippen molar-refractivity contribution in [3.63, 3.8) is 0 Å². The summed E-state index contributed by atoms with van der Waals surface area (Å²) in [6.45, 7) is 3.67. The third kappa shape index (κ3) is 3.24. The number of carbonyl (C=O) groups is 1. The SMILES string of the molecule is CCCn1c(=NC(=O)c2ccccc2[N+](=O)[O-])sc2cc3c(cc21)OCCO3. The molecule has 8 nitrogen and oxygen atoms in total. The number of hydrogen-bond acceptors (Lipinski definition) is 6. The van der Waals surface area contributed by atoms with E-state index in [2.05, 4.69) is 4.99 Å². The summed E-state index contributed by atoms with van der Waals surface area (Å²) in [6.07, 6.45) is 0.840. The van der Waals surface area contributed by atoms with Gasteiger partial charge in [0.15, 0.2) is 16.3 Å². The molecule has 3 aromatic rings. The first-order valence-electron chi connectivity index (χ1n) is 8.84. The second-order valence-electron chi connectivity index (χ2n) is 6.19. The standard InChI is InChI=1S/C19H17N3O5S/c1-2-7-21-14-10-15-16(27-9-8-26-15)11-17(14)28-19(21)20-18(23)12-5-3-4-6-13(12)22(24)25/h3-6,10-11H,2,7-9H2,1H3. The molecular formula is C19H17N3O5S. The molecule has 1 amide bonds. The number of thiazole rings is 1. The highest BCUT2D eigenvalue weighted by Crippen LogP contribution is 2.35. The van der Waals surface area contributed by atoms with E-state index in [1.165, 1.54) is 29.5 Å². The normalized spacial score (nSPS) is 13.7. The van der Waals surface area contributed by atoms with E-state index in [0.717, 1.165) is 16.6 Å². The van der Waals surface area contributed by atoms with Crippen molar-refractivity contribution >= 4 is 33.1 Å². The third-order valence-corrected chi connectivity index (χ3v) is 5.36. The molecule has 144 valence electrons. The number of para-hydroxylation sites is 1. The number of aromatic nitrogens is 1. The summed E-state index contributed by atoms with van der Waals surface area (Å²) in [7, 11) is 0. The number of ether oxygens (including phenoxy) is 2. The second-order valence-corrected chi connectivity index (χ2v) is 7.20. The van der Waals surface area contributed by atoms with Gasteiger partial charge in [0.1, 0.15) is 18.8 Å². The number of rotatable bonds is 4. The molecule has 2 aromatic carbocycles. The maximum atomic E-state index is 12.7. The molecule has 4 rings (SSSR count). The minimum Gasteiger partial charge on any atom is -0.486 e. The zero-order chi connectivity index (χ0) is 19.7. The molecule has 1 aromatic heterocycles. The van der Waals surface area contributed by atoms with Crippen molar-refractivity contribution in [3.05, 3.63) is 56.9 Å². The van der Waals surface area contributed by atoms with E-state index >= 15 is 0 Å². The van der Waals surface area contributed by atoms with Gasteiger partial charge < -0.3 is 14.0 Å². The number of nitrogens with zero attached hydrogens (tertiary/aromatic N) is 3. The van der Waals surface area contributed by atoms with Crippen LogP contribution in [0, 0.1) is 10.1 Å². The van der Waals surface area contributed by atoms with Gasteiger partial charge in [0.25, 0.3) is 11.6 Å². The van der Waals surface area contributed by atoms with Crippen molar-refractivity contribution in [2.45, 2.75) is 19.9 Å². The summed E-state index contributed by atoms with van der Waals surface area (Å²) in [5.41, 5.74) is 0.612. The van der Waals surface area contributed by atoms with Gasteiger partial charge >= 0.3 is 0 Å². The van der Waals surface area contributed by atoms with Crippen LogP contribution in [0.2, 0.25) is 0 Å².